The molecular formula is C15H9Cl2NO. The van der Waals surface area contributed by atoms with Crippen LogP contribution in [0.3, 0.4) is 0 Å². The predicted molar refractivity (Wildman–Crippen MR) is 77.4 cm³/mol. The zero-order valence-corrected chi connectivity index (χ0v) is 11.3. The number of hydrogen-bond donors (Lipinski definition) is 0. The Morgan fingerprint density at radius 1 is 0.947 bits per heavy atom. The van der Waals surface area contributed by atoms with Gasteiger partial charge in [0, 0.05) is 10.6 Å². The van der Waals surface area contributed by atoms with Crippen LogP contribution in [0.1, 0.15) is 0 Å². The fraction of sp³-hybridized carbons (Fsp3) is 0. The van der Waals surface area contributed by atoms with Crippen LogP contribution in [0.25, 0.3) is 22.8 Å². The Bertz CT molecular complexity index is 707. The molecule has 0 N–H and O–H groups in total. The van der Waals surface area contributed by atoms with E-state index in [-0.39, 0.29) is 0 Å². The molecule has 4 heteroatoms. The Morgan fingerprint density at radius 3 is 2.47 bits per heavy atom. The van der Waals surface area contributed by atoms with Crippen molar-refractivity contribution in [3.05, 3.63) is 64.8 Å². The molecule has 0 saturated heterocycles. The highest BCUT2D eigenvalue weighted by Crippen LogP contribution is 2.32. The van der Waals surface area contributed by atoms with Crippen molar-refractivity contribution >= 4 is 23.2 Å². The Labute approximate surface area is 120 Å². The smallest absolute Gasteiger partial charge is 0.228 e. The lowest BCUT2D eigenvalue weighted by atomic mass is 10.2. The Kier molecular flexibility index (Phi) is 3.28. The maximum absolute atomic E-state index is 6.13. The maximum atomic E-state index is 6.13. The molecule has 0 aliphatic heterocycles. The fourth-order valence-electron chi connectivity index (χ4n) is 1.80. The summed E-state index contributed by atoms with van der Waals surface area (Å²) in [5, 5.41) is 1.11. The monoisotopic (exact) mass is 289 g/mol. The van der Waals surface area contributed by atoms with Crippen molar-refractivity contribution in [1.82, 2.24) is 4.98 Å². The van der Waals surface area contributed by atoms with Gasteiger partial charge in [0.1, 0.15) is 0 Å². The normalized spacial score (nSPS) is 10.6. The molecule has 3 rings (SSSR count). The summed E-state index contributed by atoms with van der Waals surface area (Å²) < 4.78 is 5.74. The minimum atomic E-state index is 0.487. The summed E-state index contributed by atoms with van der Waals surface area (Å²) in [4.78, 5) is 4.26. The van der Waals surface area contributed by atoms with Gasteiger partial charge in [-0.3, -0.25) is 0 Å². The van der Waals surface area contributed by atoms with Crippen molar-refractivity contribution in [2.24, 2.45) is 0 Å². The van der Waals surface area contributed by atoms with Crippen LogP contribution in [0.2, 0.25) is 10.0 Å². The van der Waals surface area contributed by atoms with Crippen LogP contribution in [-0.4, -0.2) is 4.98 Å². The molecule has 0 amide bonds. The first-order valence-electron chi connectivity index (χ1n) is 5.71. The molecule has 2 aromatic carbocycles. The summed E-state index contributed by atoms with van der Waals surface area (Å²) in [7, 11) is 0. The average molecular weight is 290 g/mol. The van der Waals surface area contributed by atoms with E-state index < -0.39 is 0 Å². The second-order valence-electron chi connectivity index (χ2n) is 4.02. The zero-order valence-electron chi connectivity index (χ0n) is 9.81. The molecule has 0 bridgehead atoms. The second-order valence-corrected chi connectivity index (χ2v) is 4.86. The third-order valence-electron chi connectivity index (χ3n) is 2.73. The van der Waals surface area contributed by atoms with E-state index in [1.807, 2.05) is 30.3 Å². The third kappa shape index (κ3) is 2.50. The molecule has 19 heavy (non-hydrogen) atoms. The number of nitrogens with zero attached hydrogens (tertiary/aromatic N) is 1. The van der Waals surface area contributed by atoms with Gasteiger partial charge in [-0.25, -0.2) is 4.98 Å². The summed E-state index contributed by atoms with van der Waals surface area (Å²) in [6.45, 7) is 0. The van der Waals surface area contributed by atoms with Crippen molar-refractivity contribution < 1.29 is 4.42 Å². The minimum Gasteiger partial charge on any atom is -0.436 e. The second kappa shape index (κ2) is 5.08. The van der Waals surface area contributed by atoms with E-state index in [1.54, 1.807) is 24.4 Å². The number of hydrogen-bond acceptors (Lipinski definition) is 2. The van der Waals surface area contributed by atoms with E-state index in [4.69, 9.17) is 27.6 Å². The van der Waals surface area contributed by atoms with Crippen molar-refractivity contribution in [1.29, 1.82) is 0 Å². The molecule has 0 spiro atoms. The lowest BCUT2D eigenvalue weighted by Gasteiger charge is -2.00. The molecule has 0 saturated carbocycles. The highest BCUT2D eigenvalue weighted by molar-refractivity contribution is 6.36. The molecule has 0 unspecified atom stereocenters. The van der Waals surface area contributed by atoms with E-state index in [2.05, 4.69) is 4.98 Å². The minimum absolute atomic E-state index is 0.487. The molecule has 1 heterocycles. The fourth-order valence-corrected chi connectivity index (χ4v) is 2.29. The SMILES string of the molecule is Clc1ccc(-c2ncc(-c3ccccc3)o2)c(Cl)c1. The van der Waals surface area contributed by atoms with Crippen LogP contribution >= 0.6 is 23.2 Å². The van der Waals surface area contributed by atoms with Crippen molar-refractivity contribution in [2.45, 2.75) is 0 Å². The lowest BCUT2D eigenvalue weighted by Crippen LogP contribution is -1.78. The molecule has 0 aliphatic rings. The van der Waals surface area contributed by atoms with Gasteiger partial charge >= 0.3 is 0 Å². The van der Waals surface area contributed by atoms with Gasteiger partial charge in [0.25, 0.3) is 0 Å². The first-order chi connectivity index (χ1) is 9.24. The van der Waals surface area contributed by atoms with Gasteiger partial charge < -0.3 is 4.42 Å². The Morgan fingerprint density at radius 2 is 1.74 bits per heavy atom. The predicted octanol–water partition coefficient (Wildman–Crippen LogP) is 5.32. The largest absolute Gasteiger partial charge is 0.436 e. The van der Waals surface area contributed by atoms with Gasteiger partial charge in [-0.1, -0.05) is 53.5 Å². The molecular weight excluding hydrogens is 281 g/mol. The topological polar surface area (TPSA) is 26.0 Å². The Hall–Kier alpha value is -1.77. The Balaban J connectivity index is 2.02. The molecule has 0 aliphatic carbocycles. The van der Waals surface area contributed by atoms with Gasteiger partial charge in [0.15, 0.2) is 5.76 Å². The molecule has 94 valence electrons. The van der Waals surface area contributed by atoms with E-state index in [1.165, 1.54) is 0 Å². The average Bonchev–Trinajstić information content (AvgIpc) is 2.89. The zero-order chi connectivity index (χ0) is 13.2. The first-order valence-corrected chi connectivity index (χ1v) is 6.46. The summed E-state index contributed by atoms with van der Waals surface area (Å²) in [6.07, 6.45) is 1.69. The highest BCUT2D eigenvalue weighted by atomic mass is 35.5. The van der Waals surface area contributed by atoms with Crippen LogP contribution in [0.4, 0.5) is 0 Å². The standard InChI is InChI=1S/C15H9Cl2NO/c16-11-6-7-12(13(17)8-11)15-18-9-14(19-15)10-4-2-1-3-5-10/h1-9H. The number of rotatable bonds is 2. The number of benzene rings is 2. The lowest BCUT2D eigenvalue weighted by molar-refractivity contribution is 0.589. The van der Waals surface area contributed by atoms with Gasteiger partial charge in [-0.2, -0.15) is 0 Å². The number of halogens is 2. The van der Waals surface area contributed by atoms with Gasteiger partial charge in [0.2, 0.25) is 5.89 Å². The van der Waals surface area contributed by atoms with Gasteiger partial charge in [-0.15, -0.1) is 0 Å². The van der Waals surface area contributed by atoms with Crippen LogP contribution in [0, 0.1) is 0 Å². The van der Waals surface area contributed by atoms with Gasteiger partial charge in [-0.05, 0) is 18.2 Å². The third-order valence-corrected chi connectivity index (χ3v) is 3.27. The van der Waals surface area contributed by atoms with Crippen LogP contribution in [-0.2, 0) is 0 Å². The highest BCUT2D eigenvalue weighted by Gasteiger charge is 2.11. The molecule has 1 aromatic heterocycles. The maximum Gasteiger partial charge on any atom is 0.228 e. The molecule has 2 nitrogen and oxygen atoms in total. The van der Waals surface area contributed by atoms with Crippen molar-refractivity contribution in [2.75, 3.05) is 0 Å². The van der Waals surface area contributed by atoms with E-state index in [9.17, 15) is 0 Å². The number of oxazole rings is 1. The van der Waals surface area contributed by atoms with Crippen molar-refractivity contribution in [3.63, 3.8) is 0 Å². The van der Waals surface area contributed by atoms with Crippen LogP contribution < -0.4 is 0 Å². The van der Waals surface area contributed by atoms with Gasteiger partial charge in [0.05, 0.1) is 16.8 Å². The summed E-state index contributed by atoms with van der Waals surface area (Å²) >= 11 is 12.0. The summed E-state index contributed by atoms with van der Waals surface area (Å²) in [5.74, 6) is 1.20. The summed E-state index contributed by atoms with van der Waals surface area (Å²) in [6, 6.07) is 15.0. The van der Waals surface area contributed by atoms with Crippen molar-refractivity contribution in [3.8, 4) is 22.8 Å². The first kappa shape index (κ1) is 12.3. The van der Waals surface area contributed by atoms with E-state index in [0.29, 0.717) is 21.7 Å². The molecule has 3 aromatic rings. The van der Waals surface area contributed by atoms with E-state index in [0.717, 1.165) is 11.1 Å². The number of aromatic nitrogens is 1. The quantitative estimate of drug-likeness (QED) is 0.638. The molecule has 0 fully saturated rings. The van der Waals surface area contributed by atoms with Crippen LogP contribution in [0.15, 0.2) is 59.1 Å². The van der Waals surface area contributed by atoms with Crippen LogP contribution in [0.5, 0.6) is 0 Å². The van der Waals surface area contributed by atoms with E-state index >= 15 is 0 Å². The molecule has 0 atom stereocenters. The molecule has 0 radical (unpaired) electrons. The summed E-state index contributed by atoms with van der Waals surface area (Å²) in [5.41, 5.74) is 1.71.